The summed E-state index contributed by atoms with van der Waals surface area (Å²) in [6.45, 7) is 0. The highest BCUT2D eigenvalue weighted by atomic mass is 79.9. The van der Waals surface area contributed by atoms with Crippen molar-refractivity contribution in [3.8, 4) is 0 Å². The number of benzene rings is 2. The molecule has 0 bridgehead atoms. The third-order valence-electron chi connectivity index (χ3n) is 2.46. The zero-order chi connectivity index (χ0) is 9.80. The number of fused-ring (bicyclic) bond motifs is 1. The lowest BCUT2D eigenvalue weighted by molar-refractivity contribution is 1.51. The maximum absolute atomic E-state index is 3.47. The minimum Gasteiger partial charge on any atom is -0.0936 e. The van der Waals surface area contributed by atoms with Crippen LogP contribution in [-0.2, 0) is 0 Å². The summed E-state index contributed by atoms with van der Waals surface area (Å²) < 4.78 is 0. The van der Waals surface area contributed by atoms with E-state index in [1.165, 1.54) is 22.6 Å². The summed E-state index contributed by atoms with van der Waals surface area (Å²) in [5, 5.41) is 3.83. The summed E-state index contributed by atoms with van der Waals surface area (Å²) >= 11 is 3.47. The predicted molar refractivity (Wildman–Crippen MR) is 69.3 cm³/mol. The monoisotopic (exact) mass is 246 g/mol. The quantitative estimate of drug-likeness (QED) is 0.577. The van der Waals surface area contributed by atoms with Crippen molar-refractivity contribution in [3.05, 3.63) is 42.5 Å². The standard InChI is InChI=1S/C12H12BBr/c14-9-8-13-12-7-3-5-10-4-1-2-6-11(10)12/h1-7,13H,8-9H2. The largest absolute Gasteiger partial charge is 0.159 e. The molecule has 0 heterocycles. The highest BCUT2D eigenvalue weighted by Crippen LogP contribution is 2.10. The molecule has 0 N–H and O–H groups in total. The topological polar surface area (TPSA) is 0 Å². The number of rotatable bonds is 3. The Kier molecular flexibility index (Phi) is 3.25. The molecule has 0 aliphatic carbocycles. The summed E-state index contributed by atoms with van der Waals surface area (Å²) in [4.78, 5) is 0. The molecule has 2 aromatic carbocycles. The number of hydrogen-bond acceptors (Lipinski definition) is 0. The molecule has 0 unspecified atom stereocenters. The van der Waals surface area contributed by atoms with Crippen molar-refractivity contribution < 1.29 is 0 Å². The first-order valence-electron chi connectivity index (χ1n) is 4.94. The Morgan fingerprint density at radius 3 is 2.64 bits per heavy atom. The molecule has 0 amide bonds. The molecule has 0 saturated carbocycles. The molecular weight excluding hydrogens is 235 g/mol. The smallest absolute Gasteiger partial charge is 0.0936 e. The minimum atomic E-state index is 1.08. The van der Waals surface area contributed by atoms with Gasteiger partial charge >= 0.3 is 0 Å². The van der Waals surface area contributed by atoms with Gasteiger partial charge in [0.05, 0.1) is 0 Å². The lowest BCUT2D eigenvalue weighted by Gasteiger charge is -2.03. The van der Waals surface area contributed by atoms with Crippen LogP contribution in [0.2, 0.25) is 6.32 Å². The van der Waals surface area contributed by atoms with E-state index in [1.807, 2.05) is 0 Å². The van der Waals surface area contributed by atoms with Crippen molar-refractivity contribution in [2.24, 2.45) is 0 Å². The van der Waals surface area contributed by atoms with Crippen LogP contribution >= 0.6 is 15.9 Å². The van der Waals surface area contributed by atoms with Gasteiger partial charge in [-0.15, -0.1) is 0 Å². The van der Waals surface area contributed by atoms with Crippen molar-refractivity contribution in [3.63, 3.8) is 0 Å². The van der Waals surface area contributed by atoms with E-state index in [0.717, 1.165) is 12.6 Å². The van der Waals surface area contributed by atoms with Gasteiger partial charge in [-0.25, -0.2) is 0 Å². The van der Waals surface area contributed by atoms with Gasteiger partial charge < -0.3 is 0 Å². The Hall–Kier alpha value is -0.755. The second-order valence-corrected chi connectivity index (χ2v) is 4.22. The van der Waals surface area contributed by atoms with E-state index in [1.54, 1.807) is 0 Å². The first-order chi connectivity index (χ1) is 6.92. The SMILES string of the molecule is BrCCBc1cccc2ccccc12. The van der Waals surface area contributed by atoms with Crippen LogP contribution in [0.3, 0.4) is 0 Å². The van der Waals surface area contributed by atoms with Gasteiger partial charge in [0, 0.05) is 0 Å². The average Bonchev–Trinajstić information content (AvgIpc) is 2.26. The van der Waals surface area contributed by atoms with Crippen LogP contribution in [-0.4, -0.2) is 12.6 Å². The van der Waals surface area contributed by atoms with E-state index in [0.29, 0.717) is 0 Å². The molecule has 0 saturated heterocycles. The van der Waals surface area contributed by atoms with Crippen LogP contribution < -0.4 is 5.46 Å². The van der Waals surface area contributed by atoms with Gasteiger partial charge in [-0.2, -0.15) is 0 Å². The van der Waals surface area contributed by atoms with E-state index < -0.39 is 0 Å². The average molecular weight is 247 g/mol. The molecule has 0 atom stereocenters. The van der Waals surface area contributed by atoms with Crippen LogP contribution in [0, 0.1) is 0 Å². The lowest BCUT2D eigenvalue weighted by Crippen LogP contribution is -2.14. The molecule has 0 aliphatic heterocycles. The molecule has 2 rings (SSSR count). The molecule has 0 aromatic heterocycles. The Bertz CT molecular complexity index is 420. The van der Waals surface area contributed by atoms with Crippen LogP contribution in [0.1, 0.15) is 0 Å². The van der Waals surface area contributed by atoms with Crippen molar-refractivity contribution in [2.75, 3.05) is 5.33 Å². The van der Waals surface area contributed by atoms with Gasteiger partial charge in [0.25, 0.3) is 0 Å². The van der Waals surface area contributed by atoms with Gasteiger partial charge in [0.1, 0.15) is 0 Å². The Morgan fingerprint density at radius 1 is 1.00 bits per heavy atom. The zero-order valence-corrected chi connectivity index (χ0v) is 9.63. The number of alkyl halides is 1. The molecule has 0 aliphatic rings. The third-order valence-corrected chi connectivity index (χ3v) is 3.02. The van der Waals surface area contributed by atoms with E-state index in [2.05, 4.69) is 58.4 Å². The van der Waals surface area contributed by atoms with Gasteiger partial charge in [0.2, 0.25) is 0 Å². The van der Waals surface area contributed by atoms with Crippen LogP contribution in [0.15, 0.2) is 42.5 Å². The summed E-state index contributed by atoms with van der Waals surface area (Å²) in [5.74, 6) is 0. The fraction of sp³-hybridized carbons (Fsp3) is 0.167. The lowest BCUT2D eigenvalue weighted by atomic mass is 9.66. The summed E-state index contributed by atoms with van der Waals surface area (Å²) in [5.41, 5.74) is 1.46. The Morgan fingerprint density at radius 2 is 1.79 bits per heavy atom. The first-order valence-corrected chi connectivity index (χ1v) is 6.06. The molecule has 0 radical (unpaired) electrons. The van der Waals surface area contributed by atoms with E-state index in [9.17, 15) is 0 Å². The minimum absolute atomic E-state index is 1.08. The number of hydrogen-bond donors (Lipinski definition) is 0. The van der Waals surface area contributed by atoms with Crippen LogP contribution in [0.5, 0.6) is 0 Å². The van der Waals surface area contributed by atoms with Crippen molar-refractivity contribution >= 4 is 39.4 Å². The fourth-order valence-corrected chi connectivity index (χ4v) is 2.05. The summed E-state index contributed by atoms with van der Waals surface area (Å²) in [7, 11) is 1.16. The first kappa shape index (κ1) is 9.79. The second-order valence-electron chi connectivity index (χ2n) is 3.43. The van der Waals surface area contributed by atoms with Crippen molar-refractivity contribution in [1.29, 1.82) is 0 Å². The second kappa shape index (κ2) is 4.65. The van der Waals surface area contributed by atoms with E-state index in [-0.39, 0.29) is 0 Å². The molecule has 14 heavy (non-hydrogen) atoms. The van der Waals surface area contributed by atoms with Gasteiger partial charge in [-0.05, 0) is 16.1 Å². The van der Waals surface area contributed by atoms with Crippen LogP contribution in [0.4, 0.5) is 0 Å². The van der Waals surface area contributed by atoms with Gasteiger partial charge in [-0.1, -0.05) is 70.2 Å². The molecule has 0 spiro atoms. The van der Waals surface area contributed by atoms with Crippen LogP contribution in [0.25, 0.3) is 10.8 Å². The van der Waals surface area contributed by atoms with Crippen molar-refractivity contribution in [2.45, 2.75) is 6.32 Å². The zero-order valence-electron chi connectivity index (χ0n) is 8.04. The fourth-order valence-electron chi connectivity index (χ4n) is 1.77. The highest BCUT2D eigenvalue weighted by Gasteiger charge is 2.00. The molecule has 0 fully saturated rings. The highest BCUT2D eigenvalue weighted by molar-refractivity contribution is 9.09. The predicted octanol–water partition coefficient (Wildman–Crippen LogP) is 2.71. The molecule has 2 aromatic rings. The maximum Gasteiger partial charge on any atom is 0.159 e. The van der Waals surface area contributed by atoms with Gasteiger partial charge in [-0.3, -0.25) is 0 Å². The van der Waals surface area contributed by atoms with Gasteiger partial charge in [0.15, 0.2) is 7.28 Å². The van der Waals surface area contributed by atoms with E-state index in [4.69, 9.17) is 0 Å². The summed E-state index contributed by atoms with van der Waals surface area (Å²) in [6, 6.07) is 15.1. The molecule has 0 nitrogen and oxygen atoms in total. The third kappa shape index (κ3) is 2.01. The molecular formula is C12H12BBr. The van der Waals surface area contributed by atoms with Crippen molar-refractivity contribution in [1.82, 2.24) is 0 Å². The maximum atomic E-state index is 3.47. The normalized spacial score (nSPS) is 10.4. The molecule has 70 valence electrons. The Labute approximate surface area is 93.7 Å². The van der Waals surface area contributed by atoms with E-state index >= 15 is 0 Å². The summed E-state index contributed by atoms with van der Waals surface area (Å²) in [6.07, 6.45) is 1.20. The Balaban J connectivity index is 2.43. The number of halogens is 1. The molecule has 2 heteroatoms.